The molecule has 0 radical (unpaired) electrons. The van der Waals surface area contributed by atoms with Gasteiger partial charge in [0.15, 0.2) is 0 Å². The second-order valence-corrected chi connectivity index (χ2v) is 8.86. The fourth-order valence-electron chi connectivity index (χ4n) is 3.54. The molecule has 1 aliphatic rings. The first kappa shape index (κ1) is 19.4. The Kier molecular flexibility index (Phi) is 5.47. The third-order valence-electron chi connectivity index (χ3n) is 5.06. The molecule has 0 bridgehead atoms. The van der Waals surface area contributed by atoms with Crippen LogP contribution in [0.2, 0.25) is 0 Å². The number of anilines is 1. The quantitative estimate of drug-likeness (QED) is 0.653. The molecule has 29 heavy (non-hydrogen) atoms. The van der Waals surface area contributed by atoms with Crippen LogP contribution in [-0.2, 0) is 27.7 Å². The van der Waals surface area contributed by atoms with E-state index >= 15 is 0 Å². The van der Waals surface area contributed by atoms with Crippen LogP contribution >= 0.6 is 0 Å². The van der Waals surface area contributed by atoms with Crippen molar-refractivity contribution in [2.45, 2.75) is 30.2 Å². The molecule has 1 amide bonds. The van der Waals surface area contributed by atoms with Gasteiger partial charge in [0.1, 0.15) is 0 Å². The lowest BCUT2D eigenvalue weighted by Gasteiger charge is -2.21. The first-order valence-electron chi connectivity index (χ1n) is 9.55. The first-order valence-corrected chi connectivity index (χ1v) is 11.0. The Bertz CT molecular complexity index is 1110. The molecule has 0 saturated heterocycles. The Labute approximate surface area is 170 Å². The summed E-state index contributed by atoms with van der Waals surface area (Å²) in [4.78, 5) is 11.8. The lowest BCUT2D eigenvalue weighted by molar-refractivity contribution is -0.116. The topological polar surface area (TPSA) is 75.3 Å². The van der Waals surface area contributed by atoms with Crippen LogP contribution in [0.25, 0.3) is 0 Å². The fourth-order valence-corrected chi connectivity index (χ4v) is 4.82. The standard InChI is InChI=1S/C23H22N2O3S/c26-23-14-11-19-16-20(12-13-21(19)24-23)29(27,28)25-22(18-9-5-2-6-10-18)15-17-7-3-1-4-8-17/h1-10,12-13,16,22,25H,11,14-15H2,(H,24,26)/t22-/m0/s1. The first-order chi connectivity index (χ1) is 14.0. The van der Waals surface area contributed by atoms with E-state index in [1.165, 1.54) is 6.07 Å². The van der Waals surface area contributed by atoms with Crippen molar-refractivity contribution in [3.8, 4) is 0 Å². The van der Waals surface area contributed by atoms with Crippen LogP contribution in [0, 0.1) is 0 Å². The SMILES string of the molecule is O=C1CCc2cc(S(=O)(=O)N[C@@H](Cc3ccccc3)c3ccccc3)ccc2N1. The molecule has 6 heteroatoms. The van der Waals surface area contributed by atoms with Crippen LogP contribution in [0.5, 0.6) is 0 Å². The lowest BCUT2D eigenvalue weighted by Crippen LogP contribution is -2.30. The Balaban J connectivity index is 1.63. The second-order valence-electron chi connectivity index (χ2n) is 7.14. The third-order valence-corrected chi connectivity index (χ3v) is 6.53. The van der Waals surface area contributed by atoms with Gasteiger partial charge in [-0.05, 0) is 47.7 Å². The van der Waals surface area contributed by atoms with E-state index in [-0.39, 0.29) is 16.8 Å². The molecule has 1 aliphatic heterocycles. The highest BCUT2D eigenvalue weighted by molar-refractivity contribution is 7.89. The molecule has 1 heterocycles. The Morgan fingerprint density at radius 2 is 1.59 bits per heavy atom. The summed E-state index contributed by atoms with van der Waals surface area (Å²) in [5.74, 6) is -0.0433. The normalized spacial score (nSPS) is 14.7. The van der Waals surface area contributed by atoms with E-state index in [9.17, 15) is 13.2 Å². The maximum absolute atomic E-state index is 13.2. The van der Waals surface area contributed by atoms with Crippen molar-refractivity contribution in [1.82, 2.24) is 4.72 Å². The van der Waals surface area contributed by atoms with Crippen LogP contribution in [0.1, 0.15) is 29.2 Å². The number of amides is 1. The van der Waals surface area contributed by atoms with Crippen molar-refractivity contribution >= 4 is 21.6 Å². The maximum Gasteiger partial charge on any atom is 0.241 e. The number of hydrogen-bond acceptors (Lipinski definition) is 3. The molecule has 0 aromatic heterocycles. The van der Waals surface area contributed by atoms with Gasteiger partial charge in [-0.1, -0.05) is 60.7 Å². The summed E-state index contributed by atoms with van der Waals surface area (Å²) in [6.07, 6.45) is 1.45. The molecule has 2 N–H and O–H groups in total. The number of carbonyl (C=O) groups excluding carboxylic acids is 1. The van der Waals surface area contributed by atoms with Gasteiger partial charge in [-0.25, -0.2) is 13.1 Å². The number of sulfonamides is 1. The van der Waals surface area contributed by atoms with Crippen molar-refractivity contribution < 1.29 is 13.2 Å². The van der Waals surface area contributed by atoms with Crippen molar-refractivity contribution in [3.05, 3.63) is 95.6 Å². The van der Waals surface area contributed by atoms with Crippen LogP contribution in [0.3, 0.4) is 0 Å². The molecular weight excluding hydrogens is 384 g/mol. The van der Waals surface area contributed by atoms with E-state index < -0.39 is 10.0 Å². The average molecular weight is 407 g/mol. The van der Waals surface area contributed by atoms with Crippen LogP contribution < -0.4 is 10.0 Å². The number of carbonyl (C=O) groups is 1. The zero-order valence-electron chi connectivity index (χ0n) is 15.8. The molecule has 0 aliphatic carbocycles. The van der Waals surface area contributed by atoms with Gasteiger partial charge in [0.2, 0.25) is 15.9 Å². The number of hydrogen-bond donors (Lipinski definition) is 2. The van der Waals surface area contributed by atoms with Crippen molar-refractivity contribution in [2.75, 3.05) is 5.32 Å². The summed E-state index contributed by atoms with van der Waals surface area (Å²) in [7, 11) is -3.74. The van der Waals surface area contributed by atoms with Crippen molar-refractivity contribution in [1.29, 1.82) is 0 Å². The van der Waals surface area contributed by atoms with Gasteiger partial charge in [0.25, 0.3) is 0 Å². The molecule has 3 aromatic rings. The van der Waals surface area contributed by atoms with Gasteiger partial charge in [-0.2, -0.15) is 0 Å². The minimum Gasteiger partial charge on any atom is -0.326 e. The number of fused-ring (bicyclic) bond motifs is 1. The zero-order valence-corrected chi connectivity index (χ0v) is 16.7. The summed E-state index contributed by atoms with van der Waals surface area (Å²) in [6.45, 7) is 0. The smallest absolute Gasteiger partial charge is 0.241 e. The number of nitrogens with one attached hydrogen (secondary N) is 2. The zero-order chi connectivity index (χ0) is 20.3. The molecule has 0 unspecified atom stereocenters. The Morgan fingerprint density at radius 3 is 2.31 bits per heavy atom. The van der Waals surface area contributed by atoms with Gasteiger partial charge in [0, 0.05) is 12.1 Å². The number of aryl methyl sites for hydroxylation is 1. The molecule has 0 spiro atoms. The predicted octanol–water partition coefficient (Wildman–Crippen LogP) is 3.83. The largest absolute Gasteiger partial charge is 0.326 e. The van der Waals surface area contributed by atoms with Gasteiger partial charge in [-0.3, -0.25) is 4.79 Å². The average Bonchev–Trinajstić information content (AvgIpc) is 2.74. The minimum atomic E-state index is -3.74. The minimum absolute atomic E-state index is 0.0433. The molecule has 3 aromatic carbocycles. The summed E-state index contributed by atoms with van der Waals surface area (Å²) < 4.78 is 29.2. The highest BCUT2D eigenvalue weighted by Crippen LogP contribution is 2.27. The van der Waals surface area contributed by atoms with Crippen molar-refractivity contribution in [3.63, 3.8) is 0 Å². The van der Waals surface area contributed by atoms with E-state index in [2.05, 4.69) is 10.0 Å². The summed E-state index contributed by atoms with van der Waals surface area (Å²) in [5.41, 5.74) is 3.48. The van der Waals surface area contributed by atoms with E-state index in [4.69, 9.17) is 0 Å². The van der Waals surface area contributed by atoms with E-state index in [1.807, 2.05) is 60.7 Å². The monoisotopic (exact) mass is 406 g/mol. The molecule has 0 fully saturated rings. The third kappa shape index (κ3) is 4.55. The maximum atomic E-state index is 13.2. The molecule has 5 nitrogen and oxygen atoms in total. The fraction of sp³-hybridized carbons (Fsp3) is 0.174. The number of benzene rings is 3. The van der Waals surface area contributed by atoms with Gasteiger partial charge in [0.05, 0.1) is 10.9 Å². The van der Waals surface area contributed by atoms with E-state index in [1.54, 1.807) is 12.1 Å². The molecule has 148 valence electrons. The molecular formula is C23H22N2O3S. The summed E-state index contributed by atoms with van der Waals surface area (Å²) >= 11 is 0. The Hall–Kier alpha value is -2.96. The van der Waals surface area contributed by atoms with Gasteiger partial charge in [-0.15, -0.1) is 0 Å². The highest BCUT2D eigenvalue weighted by atomic mass is 32.2. The number of rotatable bonds is 6. The summed E-state index contributed by atoms with van der Waals surface area (Å²) in [6, 6.07) is 23.9. The molecule has 4 rings (SSSR count). The lowest BCUT2D eigenvalue weighted by atomic mass is 10.00. The van der Waals surface area contributed by atoms with E-state index in [0.29, 0.717) is 24.9 Å². The Morgan fingerprint density at radius 1 is 0.897 bits per heavy atom. The van der Waals surface area contributed by atoms with Crippen LogP contribution in [0.15, 0.2) is 83.8 Å². The summed E-state index contributed by atoms with van der Waals surface area (Å²) in [5, 5.41) is 2.78. The van der Waals surface area contributed by atoms with Crippen LogP contribution in [-0.4, -0.2) is 14.3 Å². The molecule has 0 saturated carbocycles. The highest BCUT2D eigenvalue weighted by Gasteiger charge is 2.24. The van der Waals surface area contributed by atoms with Crippen LogP contribution in [0.4, 0.5) is 5.69 Å². The van der Waals surface area contributed by atoms with Gasteiger partial charge >= 0.3 is 0 Å². The second kappa shape index (κ2) is 8.19. The molecule has 1 atom stereocenters. The van der Waals surface area contributed by atoms with E-state index in [0.717, 1.165) is 16.7 Å². The van der Waals surface area contributed by atoms with Gasteiger partial charge < -0.3 is 5.32 Å². The van der Waals surface area contributed by atoms with Crippen molar-refractivity contribution in [2.24, 2.45) is 0 Å². The predicted molar refractivity (Wildman–Crippen MR) is 113 cm³/mol.